The van der Waals surface area contributed by atoms with Crippen molar-refractivity contribution in [2.75, 3.05) is 31.2 Å². The summed E-state index contributed by atoms with van der Waals surface area (Å²) < 4.78 is 0.710. The Morgan fingerprint density at radius 1 is 1.62 bits per heavy atom. The van der Waals surface area contributed by atoms with Gasteiger partial charge in [0.1, 0.15) is 10.4 Å². The van der Waals surface area contributed by atoms with Crippen LogP contribution < -0.4 is 11.1 Å². The largest absolute Gasteiger partial charge is 0.383 e. The van der Waals surface area contributed by atoms with Gasteiger partial charge in [-0.05, 0) is 42.4 Å². The molecule has 0 radical (unpaired) electrons. The lowest BCUT2D eigenvalue weighted by molar-refractivity contribution is 0.322. The Hall–Kier alpha value is -0.880. The number of aromatic nitrogens is 2. The van der Waals surface area contributed by atoms with Crippen LogP contribution >= 0.6 is 15.9 Å². The molecule has 3 N–H and O–H groups in total. The smallest absolute Gasteiger partial charge is 0.225 e. The van der Waals surface area contributed by atoms with Crippen molar-refractivity contribution in [1.82, 2.24) is 14.9 Å². The van der Waals surface area contributed by atoms with Gasteiger partial charge < -0.3 is 16.0 Å². The maximum absolute atomic E-state index is 5.64. The molecule has 16 heavy (non-hydrogen) atoms. The van der Waals surface area contributed by atoms with E-state index in [2.05, 4.69) is 43.2 Å². The third-order valence-corrected chi connectivity index (χ3v) is 3.29. The maximum Gasteiger partial charge on any atom is 0.225 e. The number of likely N-dealkylation sites (N-methyl/N-ethyl adjacent to an activating group) is 1. The molecular weight excluding hydrogens is 270 g/mol. The van der Waals surface area contributed by atoms with Crippen LogP contribution in [0.1, 0.15) is 12.8 Å². The Morgan fingerprint density at radius 2 is 2.44 bits per heavy atom. The van der Waals surface area contributed by atoms with Gasteiger partial charge in [0.05, 0.1) is 0 Å². The van der Waals surface area contributed by atoms with Gasteiger partial charge in [-0.2, -0.15) is 4.98 Å². The third-order valence-electron chi connectivity index (χ3n) is 2.88. The summed E-state index contributed by atoms with van der Waals surface area (Å²) in [5, 5.41) is 3.22. The number of hydrogen-bond donors (Lipinski definition) is 2. The summed E-state index contributed by atoms with van der Waals surface area (Å²) in [4.78, 5) is 10.7. The minimum absolute atomic E-state index is 0.476. The topological polar surface area (TPSA) is 67.1 Å². The summed E-state index contributed by atoms with van der Waals surface area (Å²) in [5.74, 6) is 1.07. The van der Waals surface area contributed by atoms with E-state index >= 15 is 0 Å². The van der Waals surface area contributed by atoms with Gasteiger partial charge in [-0.25, -0.2) is 4.98 Å². The zero-order chi connectivity index (χ0) is 11.5. The second-order valence-corrected chi connectivity index (χ2v) is 4.91. The van der Waals surface area contributed by atoms with E-state index in [1.807, 2.05) is 0 Å². The van der Waals surface area contributed by atoms with Crippen molar-refractivity contribution >= 4 is 27.7 Å². The third kappa shape index (κ3) is 2.82. The fraction of sp³-hybridized carbons (Fsp3) is 0.600. The molecule has 1 aliphatic rings. The van der Waals surface area contributed by atoms with Crippen LogP contribution in [0.5, 0.6) is 0 Å². The fourth-order valence-electron chi connectivity index (χ4n) is 1.96. The molecule has 0 saturated carbocycles. The minimum Gasteiger partial charge on any atom is -0.383 e. The number of nitrogens with one attached hydrogen (secondary N) is 1. The van der Waals surface area contributed by atoms with Gasteiger partial charge in [0.2, 0.25) is 5.95 Å². The molecule has 1 saturated heterocycles. The Morgan fingerprint density at radius 3 is 3.06 bits per heavy atom. The second kappa shape index (κ2) is 4.97. The van der Waals surface area contributed by atoms with E-state index in [0.29, 0.717) is 22.4 Å². The van der Waals surface area contributed by atoms with Crippen LogP contribution in [-0.4, -0.2) is 41.0 Å². The van der Waals surface area contributed by atoms with Gasteiger partial charge in [-0.3, -0.25) is 0 Å². The van der Waals surface area contributed by atoms with Gasteiger partial charge in [-0.15, -0.1) is 0 Å². The number of nitrogen functional groups attached to an aromatic ring is 1. The predicted octanol–water partition coefficient (Wildman–Crippen LogP) is 1.33. The fourth-order valence-corrected chi connectivity index (χ4v) is 2.36. The van der Waals surface area contributed by atoms with Crippen LogP contribution in [0.15, 0.2) is 10.7 Å². The summed E-state index contributed by atoms with van der Waals surface area (Å²) in [7, 11) is 2.15. The lowest BCUT2D eigenvalue weighted by atomic mass is 10.2. The summed E-state index contributed by atoms with van der Waals surface area (Å²) >= 11 is 3.30. The highest BCUT2D eigenvalue weighted by molar-refractivity contribution is 9.10. The molecule has 5 nitrogen and oxygen atoms in total. The Labute approximate surface area is 104 Å². The first-order valence-electron chi connectivity index (χ1n) is 5.39. The monoisotopic (exact) mass is 285 g/mol. The number of likely N-dealkylation sites (tertiary alicyclic amines) is 1. The zero-order valence-corrected chi connectivity index (χ0v) is 10.9. The lowest BCUT2D eigenvalue weighted by Gasteiger charge is -2.19. The van der Waals surface area contributed by atoms with Crippen LogP contribution in [0.25, 0.3) is 0 Å². The summed E-state index contributed by atoms with van der Waals surface area (Å²) in [6.07, 6.45) is 2.50. The van der Waals surface area contributed by atoms with E-state index in [-0.39, 0.29) is 0 Å². The zero-order valence-electron chi connectivity index (χ0n) is 9.28. The van der Waals surface area contributed by atoms with Crippen molar-refractivity contribution in [1.29, 1.82) is 0 Å². The molecule has 1 unspecified atom stereocenters. The first kappa shape index (κ1) is 11.6. The van der Waals surface area contributed by atoms with Crippen molar-refractivity contribution in [2.24, 2.45) is 0 Å². The molecule has 1 aromatic heterocycles. The van der Waals surface area contributed by atoms with Crippen LogP contribution in [0.3, 0.4) is 0 Å². The number of hydrogen-bond acceptors (Lipinski definition) is 5. The van der Waals surface area contributed by atoms with E-state index in [9.17, 15) is 0 Å². The van der Waals surface area contributed by atoms with Crippen molar-refractivity contribution in [3.63, 3.8) is 0 Å². The highest BCUT2D eigenvalue weighted by Gasteiger charge is 2.20. The maximum atomic E-state index is 5.64. The molecule has 6 heteroatoms. The first-order chi connectivity index (χ1) is 7.65. The second-order valence-electron chi connectivity index (χ2n) is 4.10. The van der Waals surface area contributed by atoms with E-state index in [1.165, 1.54) is 19.4 Å². The van der Waals surface area contributed by atoms with E-state index in [1.54, 1.807) is 6.07 Å². The lowest BCUT2D eigenvalue weighted by Crippen LogP contribution is -2.32. The average Bonchev–Trinajstić information content (AvgIpc) is 2.59. The summed E-state index contributed by atoms with van der Waals surface area (Å²) in [5.41, 5.74) is 5.64. The molecule has 0 spiro atoms. The molecule has 1 aromatic rings. The number of halogens is 1. The standard InChI is InChI=1S/C10H16BrN5/c1-16-4-2-3-7(16)6-13-10-14-8(11)5-9(12)15-10/h5,7H,2-4,6H2,1H3,(H3,12,13,14,15). The van der Waals surface area contributed by atoms with Crippen LogP contribution in [0.2, 0.25) is 0 Å². The SMILES string of the molecule is CN1CCCC1CNc1nc(N)cc(Br)n1. The molecule has 0 bridgehead atoms. The van der Waals surface area contributed by atoms with Gasteiger partial charge in [-0.1, -0.05) is 0 Å². The molecule has 1 aliphatic heterocycles. The van der Waals surface area contributed by atoms with E-state index in [0.717, 1.165) is 6.54 Å². The quantitative estimate of drug-likeness (QED) is 0.820. The normalized spacial score (nSPS) is 21.2. The first-order valence-corrected chi connectivity index (χ1v) is 6.18. The predicted molar refractivity (Wildman–Crippen MR) is 68.3 cm³/mol. The molecule has 0 aromatic carbocycles. The van der Waals surface area contributed by atoms with Crippen molar-refractivity contribution in [3.8, 4) is 0 Å². The molecule has 2 rings (SSSR count). The number of anilines is 2. The molecular formula is C10H16BrN5. The number of rotatable bonds is 3. The average molecular weight is 286 g/mol. The highest BCUT2D eigenvalue weighted by atomic mass is 79.9. The molecule has 88 valence electrons. The molecule has 0 amide bonds. The van der Waals surface area contributed by atoms with Crippen molar-refractivity contribution < 1.29 is 0 Å². The summed E-state index contributed by atoms with van der Waals surface area (Å²) in [6, 6.07) is 2.26. The van der Waals surface area contributed by atoms with Crippen molar-refractivity contribution in [3.05, 3.63) is 10.7 Å². The van der Waals surface area contributed by atoms with E-state index < -0.39 is 0 Å². The van der Waals surface area contributed by atoms with Crippen LogP contribution in [0, 0.1) is 0 Å². The number of nitrogens with two attached hydrogens (primary N) is 1. The Kier molecular flexibility index (Phi) is 3.60. The van der Waals surface area contributed by atoms with Crippen LogP contribution in [0.4, 0.5) is 11.8 Å². The van der Waals surface area contributed by atoms with Crippen molar-refractivity contribution in [2.45, 2.75) is 18.9 Å². The Bertz CT molecular complexity index is 350. The van der Waals surface area contributed by atoms with E-state index in [4.69, 9.17) is 5.73 Å². The van der Waals surface area contributed by atoms with Gasteiger partial charge in [0.15, 0.2) is 0 Å². The van der Waals surface area contributed by atoms with Gasteiger partial charge >= 0.3 is 0 Å². The summed E-state index contributed by atoms with van der Waals surface area (Å²) in [6.45, 7) is 2.04. The Balaban J connectivity index is 1.94. The molecule has 1 fully saturated rings. The van der Waals surface area contributed by atoms with Crippen LogP contribution in [-0.2, 0) is 0 Å². The molecule has 2 heterocycles. The van der Waals surface area contributed by atoms with Gasteiger partial charge in [0, 0.05) is 18.7 Å². The van der Waals surface area contributed by atoms with Gasteiger partial charge in [0.25, 0.3) is 0 Å². The molecule has 0 aliphatic carbocycles. The minimum atomic E-state index is 0.476. The highest BCUT2D eigenvalue weighted by Crippen LogP contribution is 2.16. The number of nitrogens with zero attached hydrogens (tertiary/aromatic N) is 3. The molecule has 1 atom stereocenters.